The molecule has 0 aliphatic carbocycles. The zero-order valence-electron chi connectivity index (χ0n) is 11.4. The van der Waals surface area contributed by atoms with Crippen LogP contribution in [0.25, 0.3) is 0 Å². The zero-order valence-corrected chi connectivity index (χ0v) is 11.4. The minimum absolute atomic E-state index is 0.0583. The Morgan fingerprint density at radius 1 is 1.50 bits per heavy atom. The lowest BCUT2D eigenvalue weighted by Crippen LogP contribution is -2.58. The number of rotatable bonds is 5. The Morgan fingerprint density at radius 2 is 2.22 bits per heavy atom. The van der Waals surface area contributed by atoms with Gasteiger partial charge in [0.25, 0.3) is 5.56 Å². The van der Waals surface area contributed by atoms with E-state index in [1.807, 2.05) is 13.8 Å². The van der Waals surface area contributed by atoms with Crippen molar-refractivity contribution in [1.82, 2.24) is 15.3 Å². The highest BCUT2D eigenvalue weighted by molar-refractivity contribution is 5.40. The van der Waals surface area contributed by atoms with Crippen molar-refractivity contribution in [2.75, 3.05) is 24.5 Å². The molecule has 18 heavy (non-hydrogen) atoms. The minimum Gasteiger partial charge on any atom is -0.351 e. The van der Waals surface area contributed by atoms with Gasteiger partial charge >= 0.3 is 0 Å². The van der Waals surface area contributed by atoms with Gasteiger partial charge in [-0.1, -0.05) is 20.8 Å². The van der Waals surface area contributed by atoms with E-state index in [0.717, 1.165) is 37.7 Å². The summed E-state index contributed by atoms with van der Waals surface area (Å²) in [5.41, 5.74) is -0.0583. The van der Waals surface area contributed by atoms with Gasteiger partial charge in [0.1, 0.15) is 11.6 Å². The Bertz CT molecular complexity index is 451. The molecule has 0 spiro atoms. The Morgan fingerprint density at radius 3 is 2.72 bits per heavy atom. The van der Waals surface area contributed by atoms with E-state index in [1.165, 1.54) is 0 Å². The topological polar surface area (TPSA) is 61.0 Å². The Hall–Kier alpha value is -1.36. The van der Waals surface area contributed by atoms with Crippen LogP contribution in [-0.4, -0.2) is 35.6 Å². The summed E-state index contributed by atoms with van der Waals surface area (Å²) in [6.07, 6.45) is 1.06. The molecule has 2 N–H and O–H groups in total. The summed E-state index contributed by atoms with van der Waals surface area (Å²) >= 11 is 0. The van der Waals surface area contributed by atoms with Gasteiger partial charge in [-0.15, -0.1) is 0 Å². The van der Waals surface area contributed by atoms with E-state index in [1.54, 1.807) is 6.07 Å². The third kappa shape index (κ3) is 2.72. The van der Waals surface area contributed by atoms with Gasteiger partial charge in [0, 0.05) is 31.6 Å². The highest BCUT2D eigenvalue weighted by Crippen LogP contribution is 2.17. The molecule has 5 nitrogen and oxygen atoms in total. The second-order valence-electron chi connectivity index (χ2n) is 5.15. The molecule has 0 aromatic carbocycles. The molecule has 1 aromatic rings. The van der Waals surface area contributed by atoms with Crippen molar-refractivity contribution in [3.8, 4) is 0 Å². The first-order chi connectivity index (χ1) is 8.61. The van der Waals surface area contributed by atoms with E-state index in [9.17, 15) is 4.79 Å². The van der Waals surface area contributed by atoms with Gasteiger partial charge in [-0.3, -0.25) is 4.79 Å². The first-order valence-corrected chi connectivity index (χ1v) is 6.70. The summed E-state index contributed by atoms with van der Waals surface area (Å²) in [4.78, 5) is 21.4. The van der Waals surface area contributed by atoms with E-state index in [2.05, 4.69) is 27.1 Å². The third-order valence-electron chi connectivity index (χ3n) is 3.25. The van der Waals surface area contributed by atoms with Crippen LogP contribution in [0, 0.1) is 0 Å². The smallest absolute Gasteiger partial charge is 0.252 e. The molecule has 0 atom stereocenters. The first-order valence-electron chi connectivity index (χ1n) is 6.70. The largest absolute Gasteiger partial charge is 0.351 e. The molecule has 1 aliphatic heterocycles. The highest BCUT2D eigenvalue weighted by Gasteiger charge is 2.25. The monoisotopic (exact) mass is 250 g/mol. The number of nitrogens with zero attached hydrogens (tertiary/aromatic N) is 2. The standard InChI is InChI=1S/C13H22N4O/c1-4-5-17(10-7-14-8-10)11-6-12(18)16-13(15-11)9(2)3/h6,9-10,14H,4-5,7-8H2,1-3H3,(H,15,16,18). The predicted octanol–water partition coefficient (Wildman–Crippen LogP) is 1.08. The quantitative estimate of drug-likeness (QED) is 0.821. The number of nitrogens with one attached hydrogen (secondary N) is 2. The lowest BCUT2D eigenvalue weighted by molar-refractivity contribution is 0.410. The molecule has 0 bridgehead atoms. The van der Waals surface area contributed by atoms with Crippen LogP contribution in [0.1, 0.15) is 38.9 Å². The highest BCUT2D eigenvalue weighted by atomic mass is 16.1. The molecule has 2 rings (SSSR count). The van der Waals surface area contributed by atoms with Gasteiger partial charge in [0.2, 0.25) is 0 Å². The van der Waals surface area contributed by atoms with Gasteiger partial charge < -0.3 is 15.2 Å². The molecule has 5 heteroatoms. The average molecular weight is 250 g/mol. The first kappa shape index (κ1) is 13.1. The third-order valence-corrected chi connectivity index (χ3v) is 3.25. The van der Waals surface area contributed by atoms with Crippen LogP contribution in [-0.2, 0) is 0 Å². The lowest BCUT2D eigenvalue weighted by atomic mass is 10.1. The van der Waals surface area contributed by atoms with Gasteiger partial charge in [0.05, 0.1) is 6.04 Å². The van der Waals surface area contributed by atoms with E-state index >= 15 is 0 Å². The van der Waals surface area contributed by atoms with E-state index in [4.69, 9.17) is 0 Å². The maximum Gasteiger partial charge on any atom is 0.252 e. The zero-order chi connectivity index (χ0) is 13.1. The molecule has 100 valence electrons. The van der Waals surface area contributed by atoms with Crippen LogP contribution in [0.3, 0.4) is 0 Å². The van der Waals surface area contributed by atoms with Gasteiger partial charge in [0.15, 0.2) is 0 Å². The van der Waals surface area contributed by atoms with Gasteiger partial charge in [-0.25, -0.2) is 4.98 Å². The van der Waals surface area contributed by atoms with E-state index < -0.39 is 0 Å². The van der Waals surface area contributed by atoms with Crippen LogP contribution < -0.4 is 15.8 Å². The van der Waals surface area contributed by atoms with Crippen molar-refractivity contribution in [2.24, 2.45) is 0 Å². The van der Waals surface area contributed by atoms with Crippen LogP contribution in [0.4, 0.5) is 5.82 Å². The van der Waals surface area contributed by atoms with Crippen molar-refractivity contribution in [1.29, 1.82) is 0 Å². The maximum absolute atomic E-state index is 11.7. The summed E-state index contributed by atoms with van der Waals surface area (Å²) in [6, 6.07) is 2.08. The van der Waals surface area contributed by atoms with Crippen molar-refractivity contribution in [3.63, 3.8) is 0 Å². The summed E-state index contributed by atoms with van der Waals surface area (Å²) in [7, 11) is 0. The number of hydrogen-bond donors (Lipinski definition) is 2. The maximum atomic E-state index is 11.7. The fourth-order valence-electron chi connectivity index (χ4n) is 2.10. The molecule has 1 aliphatic rings. The van der Waals surface area contributed by atoms with Crippen LogP contribution >= 0.6 is 0 Å². The van der Waals surface area contributed by atoms with Crippen LogP contribution in [0.2, 0.25) is 0 Å². The molecule has 0 unspecified atom stereocenters. The Kier molecular flexibility index (Phi) is 4.01. The van der Waals surface area contributed by atoms with Gasteiger partial charge in [-0.2, -0.15) is 0 Å². The minimum atomic E-state index is -0.0583. The lowest BCUT2D eigenvalue weighted by Gasteiger charge is -2.39. The normalized spacial score (nSPS) is 15.8. The van der Waals surface area contributed by atoms with Crippen LogP contribution in [0.5, 0.6) is 0 Å². The summed E-state index contributed by atoms with van der Waals surface area (Å²) < 4.78 is 0. The average Bonchev–Trinajstić information content (AvgIpc) is 2.25. The molecule has 1 saturated heterocycles. The number of aromatic nitrogens is 2. The second kappa shape index (κ2) is 5.52. The SMILES string of the molecule is CCCN(c1cc(=O)[nH]c(C(C)C)n1)C1CNC1. The van der Waals surface area contributed by atoms with Crippen molar-refractivity contribution < 1.29 is 0 Å². The van der Waals surface area contributed by atoms with Gasteiger partial charge in [-0.05, 0) is 6.42 Å². The number of H-pyrrole nitrogens is 1. The van der Waals surface area contributed by atoms with E-state index in [-0.39, 0.29) is 11.5 Å². The number of anilines is 1. The number of hydrogen-bond acceptors (Lipinski definition) is 4. The molecule has 1 fully saturated rings. The predicted molar refractivity (Wildman–Crippen MR) is 73.2 cm³/mol. The second-order valence-corrected chi connectivity index (χ2v) is 5.15. The molecule has 1 aromatic heterocycles. The van der Waals surface area contributed by atoms with E-state index in [0.29, 0.717) is 6.04 Å². The molecule has 2 heterocycles. The Balaban J connectivity index is 2.31. The fraction of sp³-hybridized carbons (Fsp3) is 0.692. The summed E-state index contributed by atoms with van der Waals surface area (Å²) in [5.74, 6) is 1.82. The molecule has 0 amide bonds. The molecular weight excluding hydrogens is 228 g/mol. The molecule has 0 saturated carbocycles. The van der Waals surface area contributed by atoms with Crippen molar-refractivity contribution in [3.05, 3.63) is 22.2 Å². The van der Waals surface area contributed by atoms with Crippen molar-refractivity contribution in [2.45, 2.75) is 39.2 Å². The summed E-state index contributed by atoms with van der Waals surface area (Å²) in [5, 5.41) is 3.27. The summed E-state index contributed by atoms with van der Waals surface area (Å²) in [6.45, 7) is 9.13. The fourth-order valence-corrected chi connectivity index (χ4v) is 2.10. The Labute approximate surface area is 108 Å². The molecule has 0 radical (unpaired) electrons. The molecular formula is C13H22N4O. The van der Waals surface area contributed by atoms with Crippen molar-refractivity contribution >= 4 is 5.82 Å². The van der Waals surface area contributed by atoms with Crippen LogP contribution in [0.15, 0.2) is 10.9 Å². The number of aromatic amines is 1.